The van der Waals surface area contributed by atoms with Crippen molar-refractivity contribution in [1.29, 1.82) is 0 Å². The quantitative estimate of drug-likeness (QED) is 0.168. The second-order valence-corrected chi connectivity index (χ2v) is 16.8. The molecule has 59 heavy (non-hydrogen) atoms. The van der Waals surface area contributed by atoms with Gasteiger partial charge in [0, 0.05) is 68.3 Å². The minimum Gasteiger partial charge on any atom is -0.292 e. The fourth-order valence-electron chi connectivity index (χ4n) is 8.33. The fourth-order valence-corrected chi connectivity index (χ4v) is 10.7. The number of imidazole rings is 1. The van der Waals surface area contributed by atoms with Crippen molar-refractivity contribution in [2.24, 2.45) is 0 Å². The van der Waals surface area contributed by atoms with Gasteiger partial charge in [0.05, 0.1) is 11.0 Å². The molecule has 0 radical (unpaired) electrons. The molecule has 4 heterocycles. The molecular formula is C52H31N5S2. The zero-order chi connectivity index (χ0) is 38.9. The summed E-state index contributed by atoms with van der Waals surface area (Å²) in [5.74, 6) is 2.81. The maximum Gasteiger partial charge on any atom is 0.164 e. The Hall–Kier alpha value is -7.32. The first kappa shape index (κ1) is 33.8. The van der Waals surface area contributed by atoms with Crippen molar-refractivity contribution in [1.82, 2.24) is 24.5 Å². The molecule has 0 saturated carbocycles. The van der Waals surface area contributed by atoms with Crippen LogP contribution in [-0.4, -0.2) is 24.5 Å². The first-order valence-corrected chi connectivity index (χ1v) is 21.2. The van der Waals surface area contributed by atoms with Crippen molar-refractivity contribution < 1.29 is 0 Å². The monoisotopic (exact) mass is 789 g/mol. The third-order valence-corrected chi connectivity index (χ3v) is 13.5. The number of para-hydroxylation sites is 3. The predicted molar refractivity (Wildman–Crippen MR) is 247 cm³/mol. The summed E-state index contributed by atoms with van der Waals surface area (Å²) in [6.07, 6.45) is 0. The molecule has 12 rings (SSSR count). The number of benzene rings is 8. The van der Waals surface area contributed by atoms with Crippen LogP contribution in [-0.2, 0) is 0 Å². The maximum atomic E-state index is 5.25. The van der Waals surface area contributed by atoms with Crippen LogP contribution in [0.5, 0.6) is 0 Å². The Bertz CT molecular complexity index is 3550. The van der Waals surface area contributed by atoms with E-state index in [0.29, 0.717) is 17.5 Å². The van der Waals surface area contributed by atoms with Crippen molar-refractivity contribution in [3.05, 3.63) is 188 Å². The molecule has 0 N–H and O–H groups in total. The summed E-state index contributed by atoms with van der Waals surface area (Å²) in [6, 6.07) is 66.1. The zero-order valence-corrected chi connectivity index (χ0v) is 33.1. The summed E-state index contributed by atoms with van der Waals surface area (Å²) in [4.78, 5) is 20.7. The molecule has 0 aliphatic rings. The Labute approximate surface area is 347 Å². The summed E-state index contributed by atoms with van der Waals surface area (Å²) < 4.78 is 7.22. The Balaban J connectivity index is 1.01. The lowest BCUT2D eigenvalue weighted by Gasteiger charge is -2.11. The topological polar surface area (TPSA) is 56.5 Å². The van der Waals surface area contributed by atoms with Gasteiger partial charge in [0.1, 0.15) is 5.82 Å². The molecular weight excluding hydrogens is 759 g/mol. The highest BCUT2D eigenvalue weighted by Gasteiger charge is 2.20. The van der Waals surface area contributed by atoms with Crippen LogP contribution in [0.15, 0.2) is 188 Å². The van der Waals surface area contributed by atoms with E-state index < -0.39 is 0 Å². The van der Waals surface area contributed by atoms with Gasteiger partial charge in [-0.05, 0) is 65.7 Å². The summed E-state index contributed by atoms with van der Waals surface area (Å²) in [6.45, 7) is 0. The Morgan fingerprint density at radius 1 is 0.373 bits per heavy atom. The van der Waals surface area contributed by atoms with Gasteiger partial charge < -0.3 is 0 Å². The molecule has 0 aliphatic heterocycles. The molecule has 0 amide bonds. The van der Waals surface area contributed by atoms with Crippen LogP contribution in [0, 0.1) is 0 Å². The van der Waals surface area contributed by atoms with Gasteiger partial charge in [0.2, 0.25) is 0 Å². The summed E-state index contributed by atoms with van der Waals surface area (Å²) in [5, 5.41) is 4.86. The normalized spacial score (nSPS) is 11.7. The van der Waals surface area contributed by atoms with Crippen LogP contribution in [0.3, 0.4) is 0 Å². The minimum atomic E-state index is 0.634. The molecule has 0 saturated heterocycles. The van der Waals surface area contributed by atoms with E-state index in [1.54, 1.807) is 11.3 Å². The number of thiophene rings is 2. The first-order chi connectivity index (χ1) is 29.2. The largest absolute Gasteiger partial charge is 0.292 e. The molecule has 12 aromatic rings. The van der Waals surface area contributed by atoms with Gasteiger partial charge in [-0.3, -0.25) is 4.57 Å². The summed E-state index contributed by atoms with van der Waals surface area (Å²) in [7, 11) is 0. The van der Waals surface area contributed by atoms with Crippen LogP contribution in [0.1, 0.15) is 0 Å². The maximum absolute atomic E-state index is 5.25. The number of rotatable bonds is 6. The molecule has 7 heteroatoms. The van der Waals surface area contributed by atoms with Crippen molar-refractivity contribution >= 4 is 74.1 Å². The number of hydrogen-bond acceptors (Lipinski definition) is 6. The van der Waals surface area contributed by atoms with E-state index in [0.717, 1.165) is 61.1 Å². The van der Waals surface area contributed by atoms with Gasteiger partial charge in [0.25, 0.3) is 0 Å². The minimum absolute atomic E-state index is 0.634. The smallest absolute Gasteiger partial charge is 0.164 e. The summed E-state index contributed by atoms with van der Waals surface area (Å²) >= 11 is 3.63. The van der Waals surface area contributed by atoms with Crippen molar-refractivity contribution in [3.63, 3.8) is 0 Å². The van der Waals surface area contributed by atoms with E-state index in [9.17, 15) is 0 Å². The Morgan fingerprint density at radius 2 is 0.983 bits per heavy atom. The zero-order valence-electron chi connectivity index (χ0n) is 31.5. The average Bonchev–Trinajstić information content (AvgIpc) is 4.01. The third kappa shape index (κ3) is 5.66. The lowest BCUT2D eigenvalue weighted by molar-refractivity contribution is 1.08. The van der Waals surface area contributed by atoms with Gasteiger partial charge in [-0.15, -0.1) is 22.7 Å². The molecule has 276 valence electrons. The van der Waals surface area contributed by atoms with Gasteiger partial charge in [0.15, 0.2) is 17.5 Å². The second-order valence-electron chi connectivity index (χ2n) is 14.6. The lowest BCUT2D eigenvalue weighted by Crippen LogP contribution is -2.00. The van der Waals surface area contributed by atoms with Crippen LogP contribution in [0.2, 0.25) is 0 Å². The lowest BCUT2D eigenvalue weighted by atomic mass is 10.0. The highest BCUT2D eigenvalue weighted by Crippen LogP contribution is 2.43. The SMILES string of the molecule is c1ccc(-c2nc(-c3ccc(-c4cccc5c4sc4ccccc45)cc3)nc(-c3cccc4sc5ccc(-c6nc7ccccc7n6-c6ccccc6)cc5c34)n2)cc1. The van der Waals surface area contributed by atoms with Crippen molar-refractivity contribution in [2.45, 2.75) is 0 Å². The van der Waals surface area contributed by atoms with Crippen molar-refractivity contribution in [2.75, 3.05) is 0 Å². The number of hydrogen-bond donors (Lipinski definition) is 0. The molecule has 4 aromatic heterocycles. The first-order valence-electron chi connectivity index (χ1n) is 19.5. The highest BCUT2D eigenvalue weighted by atomic mass is 32.1. The van der Waals surface area contributed by atoms with E-state index in [2.05, 4.69) is 162 Å². The van der Waals surface area contributed by atoms with Crippen molar-refractivity contribution in [3.8, 4) is 62.4 Å². The van der Waals surface area contributed by atoms with Crippen LogP contribution >= 0.6 is 22.7 Å². The molecule has 0 fully saturated rings. The fraction of sp³-hybridized carbons (Fsp3) is 0. The van der Waals surface area contributed by atoms with E-state index in [1.807, 2.05) is 41.7 Å². The molecule has 0 spiro atoms. The van der Waals surface area contributed by atoms with Crippen LogP contribution in [0.4, 0.5) is 0 Å². The van der Waals surface area contributed by atoms with E-state index in [-0.39, 0.29) is 0 Å². The molecule has 0 bridgehead atoms. The van der Waals surface area contributed by atoms with E-state index in [4.69, 9.17) is 19.9 Å². The molecule has 5 nitrogen and oxygen atoms in total. The molecule has 0 atom stereocenters. The predicted octanol–water partition coefficient (Wildman–Crippen LogP) is 14.3. The van der Waals surface area contributed by atoms with Gasteiger partial charge in [-0.2, -0.15) is 0 Å². The molecule has 0 aliphatic carbocycles. The van der Waals surface area contributed by atoms with E-state index in [1.165, 1.54) is 35.1 Å². The second kappa shape index (κ2) is 13.7. The Morgan fingerprint density at radius 3 is 1.83 bits per heavy atom. The Kier molecular flexibility index (Phi) is 7.82. The number of fused-ring (bicyclic) bond motifs is 7. The highest BCUT2D eigenvalue weighted by molar-refractivity contribution is 7.26. The third-order valence-electron chi connectivity index (χ3n) is 11.1. The molecule has 8 aromatic carbocycles. The number of aromatic nitrogens is 5. The van der Waals surface area contributed by atoms with Gasteiger partial charge in [-0.1, -0.05) is 133 Å². The number of nitrogens with zero attached hydrogens (tertiary/aromatic N) is 5. The van der Waals surface area contributed by atoms with Crippen LogP contribution in [0.25, 0.3) is 114 Å². The molecule has 0 unspecified atom stereocenters. The average molecular weight is 790 g/mol. The summed E-state index contributed by atoms with van der Waals surface area (Å²) in [5.41, 5.74) is 9.37. The standard InChI is InChI=1S/C52H31N5S2/c1-3-13-33(14-4-1)49-54-50(34-27-25-32(26-28-34)37-18-11-19-39-38-17-7-10-23-44(38)59-48(37)39)56-51(55-49)40-20-12-24-46-47(40)41-31-35(29-30-45(41)58-46)52-53-42-21-8-9-22-43(42)57(52)36-15-5-2-6-16-36/h1-31H. The van der Waals surface area contributed by atoms with E-state index >= 15 is 0 Å². The van der Waals surface area contributed by atoms with Gasteiger partial charge in [-0.25, -0.2) is 19.9 Å². The van der Waals surface area contributed by atoms with Gasteiger partial charge >= 0.3 is 0 Å². The van der Waals surface area contributed by atoms with Crippen LogP contribution < -0.4 is 0 Å².